The Labute approximate surface area is 347 Å². The second-order valence-corrected chi connectivity index (χ2v) is 17.8. The minimum Gasteiger partial charge on any atom is -0.455 e. The SMILES string of the molecule is c1ccc(-c2ccccc2-c2ccc3oc4c(-c5nc(-c6ccc(C78CC9CC(CC(C9)C7)C8)cc6)nc(-c6cccc7c6oc6ccccc67)n5)cccc4c3c2)cc1. The molecule has 0 amide bonds. The van der Waals surface area contributed by atoms with E-state index in [9.17, 15) is 0 Å². The van der Waals surface area contributed by atoms with Gasteiger partial charge in [-0.2, -0.15) is 0 Å². The third-order valence-corrected chi connectivity index (χ3v) is 14.1. The molecule has 4 aliphatic carbocycles. The Morgan fingerprint density at radius 2 is 0.883 bits per heavy atom. The highest BCUT2D eigenvalue weighted by atomic mass is 16.3. The second kappa shape index (κ2) is 13.1. The molecule has 60 heavy (non-hydrogen) atoms. The van der Waals surface area contributed by atoms with E-state index in [1.807, 2.05) is 12.1 Å². The highest BCUT2D eigenvalue weighted by Crippen LogP contribution is 2.60. The Balaban J connectivity index is 0.965. The average molecular weight is 776 g/mol. The van der Waals surface area contributed by atoms with Gasteiger partial charge in [0.1, 0.15) is 22.3 Å². The molecule has 5 nitrogen and oxygen atoms in total. The van der Waals surface area contributed by atoms with Crippen LogP contribution in [0.5, 0.6) is 0 Å². The largest absolute Gasteiger partial charge is 0.455 e. The summed E-state index contributed by atoms with van der Waals surface area (Å²) >= 11 is 0. The van der Waals surface area contributed by atoms with Gasteiger partial charge in [0, 0.05) is 27.1 Å². The van der Waals surface area contributed by atoms with E-state index in [0.29, 0.717) is 22.9 Å². The van der Waals surface area contributed by atoms with Crippen LogP contribution in [-0.4, -0.2) is 15.0 Å². The molecule has 0 aliphatic heterocycles. The highest BCUT2D eigenvalue weighted by Gasteiger charge is 2.51. The van der Waals surface area contributed by atoms with Crippen LogP contribution in [0, 0.1) is 17.8 Å². The van der Waals surface area contributed by atoms with E-state index in [4.69, 9.17) is 23.8 Å². The smallest absolute Gasteiger partial charge is 0.167 e. The molecule has 14 rings (SSSR count). The van der Waals surface area contributed by atoms with Crippen LogP contribution in [0.25, 0.3) is 100 Å². The van der Waals surface area contributed by atoms with E-state index in [1.165, 1.54) is 60.8 Å². The van der Waals surface area contributed by atoms with Crippen LogP contribution >= 0.6 is 0 Å². The molecule has 4 bridgehead atoms. The van der Waals surface area contributed by atoms with Crippen molar-refractivity contribution in [3.8, 4) is 56.4 Å². The summed E-state index contributed by atoms with van der Waals surface area (Å²) in [7, 11) is 0. The van der Waals surface area contributed by atoms with Crippen molar-refractivity contribution in [1.82, 2.24) is 15.0 Å². The minimum atomic E-state index is 0.320. The van der Waals surface area contributed by atoms with Crippen LogP contribution in [0.4, 0.5) is 0 Å². The van der Waals surface area contributed by atoms with Crippen molar-refractivity contribution >= 4 is 43.9 Å². The molecule has 4 fully saturated rings. The summed E-state index contributed by atoms with van der Waals surface area (Å²) in [4.78, 5) is 15.7. The molecule has 10 aromatic rings. The van der Waals surface area contributed by atoms with Crippen molar-refractivity contribution in [1.29, 1.82) is 0 Å². The molecule has 0 spiro atoms. The maximum absolute atomic E-state index is 6.76. The molecule has 3 heterocycles. The van der Waals surface area contributed by atoms with Gasteiger partial charge in [-0.05, 0) is 120 Å². The number of hydrogen-bond acceptors (Lipinski definition) is 5. The number of fused-ring (bicyclic) bond motifs is 6. The monoisotopic (exact) mass is 775 g/mol. The van der Waals surface area contributed by atoms with Gasteiger partial charge < -0.3 is 8.83 Å². The van der Waals surface area contributed by atoms with Gasteiger partial charge in [0.05, 0.1) is 11.1 Å². The van der Waals surface area contributed by atoms with Gasteiger partial charge >= 0.3 is 0 Å². The van der Waals surface area contributed by atoms with Crippen LogP contribution in [0.15, 0.2) is 167 Å². The number of para-hydroxylation sites is 3. The van der Waals surface area contributed by atoms with Crippen LogP contribution in [0.3, 0.4) is 0 Å². The van der Waals surface area contributed by atoms with Crippen molar-refractivity contribution in [2.75, 3.05) is 0 Å². The minimum absolute atomic E-state index is 0.320. The molecule has 4 aliphatic rings. The number of benzene rings is 7. The first kappa shape index (κ1) is 34.1. The molecule has 288 valence electrons. The Kier molecular flexibility index (Phi) is 7.42. The van der Waals surface area contributed by atoms with E-state index < -0.39 is 0 Å². The van der Waals surface area contributed by atoms with Gasteiger partial charge in [0.25, 0.3) is 0 Å². The van der Waals surface area contributed by atoms with Crippen molar-refractivity contribution in [3.63, 3.8) is 0 Å². The zero-order valence-corrected chi connectivity index (χ0v) is 33.1. The fraction of sp³-hybridized carbons (Fsp3) is 0.182. The number of aromatic nitrogens is 3. The Bertz CT molecular complexity index is 3270. The Hall–Kier alpha value is -6.85. The number of furan rings is 2. The molecule has 0 atom stereocenters. The standard InChI is InChI=1S/C55H41N3O2/c1-2-10-36(11-3-1)40-12-4-5-13-41(40)38-22-25-49-47(29-38)44-16-9-18-46(51(44)60-49)54-57-52(37-20-23-39(24-21-37)55-30-33-26-34(31-55)28-35(27-33)32-55)56-53(58-54)45-17-8-15-43-42-14-6-7-19-48(42)59-50(43)45/h1-25,29,33-35H,26-28,30-32H2. The quantitative estimate of drug-likeness (QED) is 0.168. The van der Waals surface area contributed by atoms with Gasteiger partial charge in [-0.15, -0.1) is 0 Å². The molecule has 0 unspecified atom stereocenters. The molecule has 5 heteroatoms. The summed E-state index contributed by atoms with van der Waals surface area (Å²) in [6.45, 7) is 0. The first-order valence-electron chi connectivity index (χ1n) is 21.5. The third kappa shape index (κ3) is 5.34. The van der Waals surface area contributed by atoms with Gasteiger partial charge in [0.15, 0.2) is 17.5 Å². The zero-order valence-electron chi connectivity index (χ0n) is 33.1. The number of hydrogen-bond donors (Lipinski definition) is 0. The van der Waals surface area contributed by atoms with E-state index in [0.717, 1.165) is 83.9 Å². The molecular weight excluding hydrogens is 735 g/mol. The number of rotatable bonds is 6. The average Bonchev–Trinajstić information content (AvgIpc) is 3.87. The van der Waals surface area contributed by atoms with Crippen molar-refractivity contribution in [2.24, 2.45) is 17.8 Å². The van der Waals surface area contributed by atoms with Crippen molar-refractivity contribution in [3.05, 3.63) is 163 Å². The van der Waals surface area contributed by atoms with Crippen LogP contribution in [0.2, 0.25) is 0 Å². The normalized spacial score (nSPS) is 20.8. The topological polar surface area (TPSA) is 65.0 Å². The second-order valence-electron chi connectivity index (χ2n) is 17.8. The van der Waals surface area contributed by atoms with E-state index >= 15 is 0 Å². The Morgan fingerprint density at radius 3 is 1.55 bits per heavy atom. The zero-order chi connectivity index (χ0) is 39.4. The maximum Gasteiger partial charge on any atom is 0.167 e. The van der Waals surface area contributed by atoms with Crippen LogP contribution in [-0.2, 0) is 5.41 Å². The molecule has 0 radical (unpaired) electrons. The third-order valence-electron chi connectivity index (χ3n) is 14.1. The lowest BCUT2D eigenvalue weighted by atomic mass is 9.48. The van der Waals surface area contributed by atoms with Crippen molar-refractivity contribution < 1.29 is 8.83 Å². The lowest BCUT2D eigenvalue weighted by molar-refractivity contribution is -0.00518. The first-order valence-corrected chi connectivity index (χ1v) is 21.5. The molecular formula is C55H41N3O2. The van der Waals surface area contributed by atoms with E-state index in [-0.39, 0.29) is 0 Å². The van der Waals surface area contributed by atoms with Gasteiger partial charge in [-0.3, -0.25) is 0 Å². The predicted molar refractivity (Wildman–Crippen MR) is 241 cm³/mol. The lowest BCUT2D eigenvalue weighted by Gasteiger charge is -2.57. The molecule has 0 N–H and O–H groups in total. The van der Waals surface area contributed by atoms with Crippen LogP contribution < -0.4 is 0 Å². The summed E-state index contributed by atoms with van der Waals surface area (Å²) in [5.41, 5.74) is 12.3. The fourth-order valence-electron chi connectivity index (χ4n) is 11.9. The van der Waals surface area contributed by atoms with Crippen molar-refractivity contribution in [2.45, 2.75) is 43.9 Å². The van der Waals surface area contributed by atoms with Crippen LogP contribution in [0.1, 0.15) is 44.1 Å². The summed E-state index contributed by atoms with van der Waals surface area (Å²) in [6, 6.07) is 55.6. The van der Waals surface area contributed by atoms with E-state index in [1.54, 1.807) is 0 Å². The summed E-state index contributed by atoms with van der Waals surface area (Å²) in [5, 5.41) is 4.18. The molecule has 7 aromatic carbocycles. The molecule has 4 saturated carbocycles. The fourth-order valence-corrected chi connectivity index (χ4v) is 11.9. The van der Waals surface area contributed by atoms with E-state index in [2.05, 4.69) is 146 Å². The highest BCUT2D eigenvalue weighted by molar-refractivity contribution is 6.11. The lowest BCUT2D eigenvalue weighted by Crippen LogP contribution is -2.48. The first-order chi connectivity index (χ1) is 29.6. The molecule has 0 saturated heterocycles. The summed E-state index contributed by atoms with van der Waals surface area (Å²) in [6.07, 6.45) is 8.32. The predicted octanol–water partition coefficient (Wildman–Crippen LogP) is 14.5. The van der Waals surface area contributed by atoms with Gasteiger partial charge in [-0.25, -0.2) is 15.0 Å². The Morgan fingerprint density at radius 1 is 0.383 bits per heavy atom. The number of nitrogens with zero attached hydrogens (tertiary/aromatic N) is 3. The van der Waals surface area contributed by atoms with Gasteiger partial charge in [0.2, 0.25) is 0 Å². The summed E-state index contributed by atoms with van der Waals surface area (Å²) < 4.78 is 13.3. The maximum atomic E-state index is 6.76. The summed E-state index contributed by atoms with van der Waals surface area (Å²) in [5.74, 6) is 4.44. The van der Waals surface area contributed by atoms with Gasteiger partial charge in [-0.1, -0.05) is 127 Å². The molecule has 3 aromatic heterocycles.